The molecule has 1 aromatic carbocycles. The molecule has 3 nitrogen and oxygen atoms in total. The van der Waals surface area contributed by atoms with Gasteiger partial charge >= 0.3 is 0 Å². The Bertz CT molecular complexity index is 434. The Balaban J connectivity index is 2.12. The molecule has 0 heterocycles. The van der Waals surface area contributed by atoms with Crippen molar-refractivity contribution in [2.75, 3.05) is 11.1 Å². The minimum atomic E-state index is 0.162. The lowest BCUT2D eigenvalue weighted by Crippen LogP contribution is -2.20. The molecule has 1 aromatic rings. The number of nitrogen functional groups attached to an aromatic ring is 1. The quantitative estimate of drug-likeness (QED) is 0.770. The Morgan fingerprint density at radius 3 is 2.53 bits per heavy atom. The first kappa shape index (κ1) is 12.0. The molecule has 1 saturated carbocycles. The van der Waals surface area contributed by atoms with Gasteiger partial charge in [0.25, 0.3) is 0 Å². The fourth-order valence-electron chi connectivity index (χ4n) is 2.40. The van der Waals surface area contributed by atoms with Crippen LogP contribution in [-0.2, 0) is 4.79 Å². The van der Waals surface area contributed by atoms with Crippen molar-refractivity contribution in [1.29, 1.82) is 0 Å². The molecule has 0 spiro atoms. The van der Waals surface area contributed by atoms with Crippen molar-refractivity contribution in [1.82, 2.24) is 0 Å². The molecule has 1 aliphatic carbocycles. The Labute approximate surface area is 102 Å². The first-order valence-electron chi connectivity index (χ1n) is 6.25. The zero-order valence-corrected chi connectivity index (χ0v) is 10.5. The molecule has 17 heavy (non-hydrogen) atoms. The van der Waals surface area contributed by atoms with Gasteiger partial charge in [0.1, 0.15) is 0 Å². The highest BCUT2D eigenvalue weighted by Crippen LogP contribution is 2.28. The van der Waals surface area contributed by atoms with Gasteiger partial charge in [0.2, 0.25) is 5.91 Å². The second-order valence-electron chi connectivity index (χ2n) is 4.99. The lowest BCUT2D eigenvalue weighted by atomic mass is 10.1. The molecule has 3 N–H and O–H groups in total. The number of carbonyl (C=O) groups is 1. The maximum Gasteiger partial charge on any atom is 0.227 e. The zero-order valence-electron chi connectivity index (χ0n) is 10.5. The molecule has 0 unspecified atom stereocenters. The van der Waals surface area contributed by atoms with E-state index >= 15 is 0 Å². The number of nitrogens with one attached hydrogen (secondary N) is 1. The highest BCUT2D eigenvalue weighted by atomic mass is 16.1. The molecule has 92 valence electrons. The predicted molar refractivity (Wildman–Crippen MR) is 70.9 cm³/mol. The molecular weight excluding hydrogens is 212 g/mol. The minimum Gasteiger partial charge on any atom is -0.399 e. The van der Waals surface area contributed by atoms with Gasteiger partial charge < -0.3 is 11.1 Å². The van der Waals surface area contributed by atoms with Crippen molar-refractivity contribution in [2.24, 2.45) is 5.92 Å². The van der Waals surface area contributed by atoms with E-state index in [0.29, 0.717) is 0 Å². The number of aryl methyl sites for hydroxylation is 2. The summed E-state index contributed by atoms with van der Waals surface area (Å²) < 4.78 is 0. The number of nitrogens with two attached hydrogens (primary N) is 1. The van der Waals surface area contributed by atoms with Crippen LogP contribution in [0.15, 0.2) is 12.1 Å². The van der Waals surface area contributed by atoms with Crippen LogP contribution in [0.4, 0.5) is 11.4 Å². The fourth-order valence-corrected chi connectivity index (χ4v) is 2.40. The largest absolute Gasteiger partial charge is 0.399 e. The number of rotatable bonds is 2. The van der Waals surface area contributed by atoms with E-state index in [-0.39, 0.29) is 11.8 Å². The number of hydrogen-bond donors (Lipinski definition) is 2. The highest BCUT2D eigenvalue weighted by molar-refractivity contribution is 5.93. The van der Waals surface area contributed by atoms with Gasteiger partial charge in [-0.1, -0.05) is 12.8 Å². The van der Waals surface area contributed by atoms with Crippen LogP contribution >= 0.6 is 0 Å². The Morgan fingerprint density at radius 1 is 1.24 bits per heavy atom. The standard InChI is InChI=1S/C14H20N2O/c1-9-8-13(10(2)7-12(9)15)16-14(17)11-5-3-4-6-11/h7-8,11H,3-6,15H2,1-2H3,(H,16,17). The van der Waals surface area contributed by atoms with Crippen LogP contribution in [0.3, 0.4) is 0 Å². The lowest BCUT2D eigenvalue weighted by molar-refractivity contribution is -0.119. The van der Waals surface area contributed by atoms with Crippen LogP contribution in [0.25, 0.3) is 0 Å². The molecule has 0 bridgehead atoms. The summed E-state index contributed by atoms with van der Waals surface area (Å²) in [5.41, 5.74) is 9.54. The van der Waals surface area contributed by atoms with Gasteiger partial charge in [-0.25, -0.2) is 0 Å². The van der Waals surface area contributed by atoms with Crippen LogP contribution < -0.4 is 11.1 Å². The smallest absolute Gasteiger partial charge is 0.227 e. The zero-order chi connectivity index (χ0) is 12.4. The van der Waals surface area contributed by atoms with Gasteiger partial charge in [-0.3, -0.25) is 4.79 Å². The Kier molecular flexibility index (Phi) is 3.36. The van der Waals surface area contributed by atoms with Crippen molar-refractivity contribution >= 4 is 17.3 Å². The van der Waals surface area contributed by atoms with Gasteiger partial charge in [0.05, 0.1) is 0 Å². The van der Waals surface area contributed by atoms with Gasteiger partial charge in [-0.2, -0.15) is 0 Å². The number of carbonyl (C=O) groups excluding carboxylic acids is 1. The van der Waals surface area contributed by atoms with E-state index in [1.807, 2.05) is 26.0 Å². The monoisotopic (exact) mass is 232 g/mol. The molecule has 0 aliphatic heterocycles. The normalized spacial score (nSPS) is 16.1. The molecule has 0 atom stereocenters. The third kappa shape index (κ3) is 2.60. The highest BCUT2D eigenvalue weighted by Gasteiger charge is 2.22. The van der Waals surface area contributed by atoms with E-state index < -0.39 is 0 Å². The second-order valence-corrected chi connectivity index (χ2v) is 4.99. The van der Waals surface area contributed by atoms with Crippen molar-refractivity contribution in [2.45, 2.75) is 39.5 Å². The molecule has 1 amide bonds. The predicted octanol–water partition coefficient (Wildman–Crippen LogP) is 3.01. The molecule has 2 rings (SSSR count). The number of amides is 1. The van der Waals surface area contributed by atoms with E-state index in [4.69, 9.17) is 5.73 Å². The van der Waals surface area contributed by atoms with Gasteiger partial charge in [-0.15, -0.1) is 0 Å². The van der Waals surface area contributed by atoms with Crippen LogP contribution in [0.2, 0.25) is 0 Å². The number of anilines is 2. The van der Waals surface area contributed by atoms with E-state index in [9.17, 15) is 4.79 Å². The van der Waals surface area contributed by atoms with E-state index in [0.717, 1.165) is 35.3 Å². The molecular formula is C14H20N2O. The van der Waals surface area contributed by atoms with Gasteiger partial charge in [-0.05, 0) is 49.9 Å². The van der Waals surface area contributed by atoms with E-state index in [2.05, 4.69) is 5.32 Å². The Hall–Kier alpha value is -1.51. The molecule has 1 fully saturated rings. The first-order chi connectivity index (χ1) is 8.08. The lowest BCUT2D eigenvalue weighted by Gasteiger charge is -2.14. The van der Waals surface area contributed by atoms with Crippen molar-refractivity contribution in [3.05, 3.63) is 23.3 Å². The summed E-state index contributed by atoms with van der Waals surface area (Å²) in [5, 5.41) is 3.03. The molecule has 3 heteroatoms. The Morgan fingerprint density at radius 2 is 1.88 bits per heavy atom. The molecule has 1 aliphatic rings. The SMILES string of the molecule is Cc1cc(NC(=O)C2CCCC2)c(C)cc1N. The van der Waals surface area contributed by atoms with Gasteiger partial charge in [0, 0.05) is 17.3 Å². The van der Waals surface area contributed by atoms with Crippen LogP contribution in [0.5, 0.6) is 0 Å². The average molecular weight is 232 g/mol. The topological polar surface area (TPSA) is 55.1 Å². The maximum atomic E-state index is 12.0. The van der Waals surface area contributed by atoms with E-state index in [1.54, 1.807) is 0 Å². The summed E-state index contributed by atoms with van der Waals surface area (Å²) in [5.74, 6) is 0.363. The molecule has 0 aromatic heterocycles. The van der Waals surface area contributed by atoms with Crippen molar-refractivity contribution < 1.29 is 4.79 Å². The molecule has 0 saturated heterocycles. The summed E-state index contributed by atoms with van der Waals surface area (Å²) in [6, 6.07) is 3.87. The number of benzene rings is 1. The fraction of sp³-hybridized carbons (Fsp3) is 0.500. The van der Waals surface area contributed by atoms with Crippen molar-refractivity contribution in [3.8, 4) is 0 Å². The second kappa shape index (κ2) is 4.78. The molecule has 0 radical (unpaired) electrons. The minimum absolute atomic E-state index is 0.162. The summed E-state index contributed by atoms with van der Waals surface area (Å²) in [7, 11) is 0. The summed E-state index contributed by atoms with van der Waals surface area (Å²) >= 11 is 0. The van der Waals surface area contributed by atoms with Crippen LogP contribution in [-0.4, -0.2) is 5.91 Å². The number of hydrogen-bond acceptors (Lipinski definition) is 2. The third-order valence-electron chi connectivity index (χ3n) is 3.60. The average Bonchev–Trinajstić information content (AvgIpc) is 2.79. The summed E-state index contributed by atoms with van der Waals surface area (Å²) in [6.07, 6.45) is 4.41. The third-order valence-corrected chi connectivity index (χ3v) is 3.60. The first-order valence-corrected chi connectivity index (χ1v) is 6.25. The van der Waals surface area contributed by atoms with E-state index in [1.165, 1.54) is 12.8 Å². The van der Waals surface area contributed by atoms with Crippen molar-refractivity contribution in [3.63, 3.8) is 0 Å². The van der Waals surface area contributed by atoms with Gasteiger partial charge in [0.15, 0.2) is 0 Å². The summed E-state index contributed by atoms with van der Waals surface area (Å²) in [6.45, 7) is 3.93. The maximum absolute atomic E-state index is 12.0. The van der Waals surface area contributed by atoms with Crippen LogP contribution in [0.1, 0.15) is 36.8 Å². The van der Waals surface area contributed by atoms with Crippen LogP contribution in [0, 0.1) is 19.8 Å². The summed E-state index contributed by atoms with van der Waals surface area (Å²) in [4.78, 5) is 12.0.